The molecule has 1 saturated heterocycles. The lowest BCUT2D eigenvalue weighted by Crippen LogP contribution is -2.38. The maximum atomic E-state index is 12.6. The fraction of sp³-hybridized carbons (Fsp3) is 0.500. The molecule has 0 spiro atoms. The van der Waals surface area contributed by atoms with Crippen molar-refractivity contribution in [1.29, 1.82) is 0 Å². The molecule has 2 heterocycles. The average molecular weight is 402 g/mol. The van der Waals surface area contributed by atoms with Crippen molar-refractivity contribution in [2.24, 2.45) is 5.92 Å². The van der Waals surface area contributed by atoms with Gasteiger partial charge in [-0.25, -0.2) is 13.1 Å². The maximum Gasteiger partial charge on any atom is 0.240 e. The van der Waals surface area contributed by atoms with Gasteiger partial charge in [-0.3, -0.25) is 9.88 Å². The highest BCUT2D eigenvalue weighted by atomic mass is 32.2. The van der Waals surface area contributed by atoms with Gasteiger partial charge >= 0.3 is 0 Å². The number of piperidine rings is 1. The summed E-state index contributed by atoms with van der Waals surface area (Å²) in [6.45, 7) is 9.67. The van der Waals surface area contributed by atoms with Gasteiger partial charge in [-0.2, -0.15) is 0 Å². The third-order valence-corrected chi connectivity index (χ3v) is 6.85. The second-order valence-electron chi connectivity index (χ2n) is 8.67. The standard InChI is InChI=1S/C22H31N3O2S/c1-22(2,3)19-7-9-21(10-8-19)28(26,27)24-16-18-11-14-25(15-12-18)17-20-6-4-5-13-23-20/h4-10,13,18,24H,11-12,14-17H2,1-3H3. The minimum Gasteiger partial charge on any atom is -0.297 e. The largest absolute Gasteiger partial charge is 0.297 e. The average Bonchev–Trinajstić information content (AvgIpc) is 2.68. The first-order chi connectivity index (χ1) is 13.2. The van der Waals surface area contributed by atoms with Crippen LogP contribution in [-0.2, 0) is 22.0 Å². The minimum atomic E-state index is -3.46. The quantitative estimate of drug-likeness (QED) is 0.804. The van der Waals surface area contributed by atoms with Gasteiger partial charge in [-0.15, -0.1) is 0 Å². The number of sulfonamides is 1. The smallest absolute Gasteiger partial charge is 0.240 e. The number of rotatable bonds is 6. The molecule has 1 aromatic carbocycles. The molecule has 3 rings (SSSR count). The van der Waals surface area contributed by atoms with Crippen molar-refractivity contribution in [2.45, 2.75) is 50.5 Å². The monoisotopic (exact) mass is 401 g/mol. The van der Waals surface area contributed by atoms with E-state index in [4.69, 9.17) is 0 Å². The molecule has 0 amide bonds. The highest BCUT2D eigenvalue weighted by molar-refractivity contribution is 7.89. The lowest BCUT2D eigenvalue weighted by atomic mass is 9.87. The van der Waals surface area contributed by atoms with E-state index >= 15 is 0 Å². The molecule has 6 heteroatoms. The zero-order valence-electron chi connectivity index (χ0n) is 17.1. The van der Waals surface area contributed by atoms with Gasteiger partial charge in [0.2, 0.25) is 10.0 Å². The molecule has 0 bridgehead atoms. The Bertz CT molecular complexity index is 851. The first-order valence-electron chi connectivity index (χ1n) is 9.96. The van der Waals surface area contributed by atoms with Gasteiger partial charge in [0.15, 0.2) is 0 Å². The van der Waals surface area contributed by atoms with Crippen molar-refractivity contribution in [3.63, 3.8) is 0 Å². The van der Waals surface area contributed by atoms with E-state index in [1.54, 1.807) is 12.1 Å². The highest BCUT2D eigenvalue weighted by Gasteiger charge is 2.22. The zero-order valence-corrected chi connectivity index (χ0v) is 17.9. The Morgan fingerprint density at radius 3 is 2.32 bits per heavy atom. The first-order valence-corrected chi connectivity index (χ1v) is 11.4. The Morgan fingerprint density at radius 1 is 1.07 bits per heavy atom. The SMILES string of the molecule is CC(C)(C)c1ccc(S(=O)(=O)NCC2CCN(Cc3ccccn3)CC2)cc1. The second-order valence-corrected chi connectivity index (χ2v) is 10.4. The van der Waals surface area contributed by atoms with Gasteiger partial charge in [0, 0.05) is 19.3 Å². The van der Waals surface area contributed by atoms with Crippen molar-refractivity contribution < 1.29 is 8.42 Å². The Labute approximate surface area is 169 Å². The molecular formula is C22H31N3O2S. The van der Waals surface area contributed by atoms with E-state index in [0.29, 0.717) is 17.4 Å². The normalized spacial score (nSPS) is 17.0. The number of hydrogen-bond donors (Lipinski definition) is 1. The number of nitrogens with zero attached hydrogens (tertiary/aromatic N) is 2. The summed E-state index contributed by atoms with van der Waals surface area (Å²) >= 11 is 0. The third-order valence-electron chi connectivity index (χ3n) is 5.41. The van der Waals surface area contributed by atoms with Crippen molar-refractivity contribution in [2.75, 3.05) is 19.6 Å². The topological polar surface area (TPSA) is 62.3 Å². The molecule has 0 saturated carbocycles. The number of likely N-dealkylation sites (tertiary alicyclic amines) is 1. The molecule has 1 N–H and O–H groups in total. The summed E-state index contributed by atoms with van der Waals surface area (Å²) in [6, 6.07) is 13.2. The lowest BCUT2D eigenvalue weighted by Gasteiger charge is -2.31. The number of nitrogens with one attached hydrogen (secondary N) is 1. The van der Waals surface area contributed by atoms with E-state index in [0.717, 1.165) is 43.7 Å². The van der Waals surface area contributed by atoms with Crippen molar-refractivity contribution in [3.8, 4) is 0 Å². The van der Waals surface area contributed by atoms with Gasteiger partial charge in [0.1, 0.15) is 0 Å². The van der Waals surface area contributed by atoms with Crippen LogP contribution in [0.3, 0.4) is 0 Å². The van der Waals surface area contributed by atoms with Crippen LogP contribution in [0.2, 0.25) is 0 Å². The summed E-state index contributed by atoms with van der Waals surface area (Å²) in [5.41, 5.74) is 2.23. The third kappa shape index (κ3) is 5.63. The molecule has 2 aromatic rings. The van der Waals surface area contributed by atoms with E-state index in [9.17, 15) is 8.42 Å². The predicted octanol–water partition coefficient (Wildman–Crippen LogP) is 3.57. The molecule has 0 aliphatic carbocycles. The number of hydrogen-bond acceptors (Lipinski definition) is 4. The van der Waals surface area contributed by atoms with Crippen molar-refractivity contribution in [3.05, 3.63) is 59.9 Å². The van der Waals surface area contributed by atoms with Crippen LogP contribution in [0.1, 0.15) is 44.9 Å². The van der Waals surface area contributed by atoms with Gasteiger partial charge in [-0.05, 0) is 67.1 Å². The summed E-state index contributed by atoms with van der Waals surface area (Å²) in [5, 5.41) is 0. The fourth-order valence-electron chi connectivity index (χ4n) is 3.51. The van der Waals surface area contributed by atoms with Crippen LogP contribution >= 0.6 is 0 Å². The highest BCUT2D eigenvalue weighted by Crippen LogP contribution is 2.24. The van der Waals surface area contributed by atoms with Crippen LogP contribution in [0.15, 0.2) is 53.6 Å². The Kier molecular flexibility index (Phi) is 6.53. The Balaban J connectivity index is 1.49. The predicted molar refractivity (Wildman–Crippen MR) is 113 cm³/mol. The molecule has 0 atom stereocenters. The summed E-state index contributed by atoms with van der Waals surface area (Å²) in [4.78, 5) is 7.11. The summed E-state index contributed by atoms with van der Waals surface area (Å²) in [5.74, 6) is 0.378. The van der Waals surface area contributed by atoms with Gasteiger partial charge in [0.05, 0.1) is 10.6 Å². The lowest BCUT2D eigenvalue weighted by molar-refractivity contribution is 0.177. The molecule has 1 fully saturated rings. The minimum absolute atomic E-state index is 0.0129. The molecule has 1 aromatic heterocycles. The molecule has 0 radical (unpaired) electrons. The summed E-state index contributed by atoms with van der Waals surface area (Å²) in [6.07, 6.45) is 3.82. The summed E-state index contributed by atoms with van der Waals surface area (Å²) < 4.78 is 28.0. The fourth-order valence-corrected chi connectivity index (χ4v) is 4.63. The zero-order chi connectivity index (χ0) is 20.2. The summed E-state index contributed by atoms with van der Waals surface area (Å²) in [7, 11) is -3.46. The van der Waals surface area contributed by atoms with Gasteiger partial charge < -0.3 is 0 Å². The Morgan fingerprint density at radius 2 is 1.75 bits per heavy atom. The van der Waals surface area contributed by atoms with Crippen LogP contribution < -0.4 is 4.72 Å². The van der Waals surface area contributed by atoms with E-state index in [2.05, 4.69) is 35.4 Å². The van der Waals surface area contributed by atoms with Crippen LogP contribution in [-0.4, -0.2) is 37.9 Å². The first kappa shape index (κ1) is 21.0. The van der Waals surface area contributed by atoms with E-state index in [1.165, 1.54) is 0 Å². The molecule has 152 valence electrons. The van der Waals surface area contributed by atoms with Gasteiger partial charge in [-0.1, -0.05) is 39.0 Å². The van der Waals surface area contributed by atoms with Crippen LogP contribution in [0.5, 0.6) is 0 Å². The van der Waals surface area contributed by atoms with Crippen LogP contribution in [0.4, 0.5) is 0 Å². The molecular weight excluding hydrogens is 370 g/mol. The number of aromatic nitrogens is 1. The van der Waals surface area contributed by atoms with Crippen molar-refractivity contribution in [1.82, 2.24) is 14.6 Å². The molecule has 5 nitrogen and oxygen atoms in total. The molecule has 0 unspecified atom stereocenters. The van der Waals surface area contributed by atoms with E-state index in [-0.39, 0.29) is 5.41 Å². The second kappa shape index (κ2) is 8.72. The van der Waals surface area contributed by atoms with Gasteiger partial charge in [0.25, 0.3) is 0 Å². The Hall–Kier alpha value is -1.76. The van der Waals surface area contributed by atoms with E-state index < -0.39 is 10.0 Å². The van der Waals surface area contributed by atoms with Crippen LogP contribution in [0.25, 0.3) is 0 Å². The molecule has 1 aliphatic rings. The molecule has 28 heavy (non-hydrogen) atoms. The van der Waals surface area contributed by atoms with Crippen LogP contribution in [0, 0.1) is 5.92 Å². The maximum absolute atomic E-state index is 12.6. The van der Waals surface area contributed by atoms with Crippen molar-refractivity contribution >= 4 is 10.0 Å². The number of benzene rings is 1. The molecule has 1 aliphatic heterocycles. The van der Waals surface area contributed by atoms with E-state index in [1.807, 2.05) is 36.5 Å². The number of pyridine rings is 1.